The average molecular weight is 236 g/mol. The highest BCUT2D eigenvalue weighted by Crippen LogP contribution is 2.31. The SMILES string of the molecule is CCOc1ccc(C(C)(C)CC(=O)O)c(C)c1. The summed E-state index contributed by atoms with van der Waals surface area (Å²) in [5, 5.41) is 8.92. The van der Waals surface area contributed by atoms with Crippen molar-refractivity contribution >= 4 is 5.97 Å². The third-order valence-electron chi connectivity index (χ3n) is 2.83. The number of aliphatic carboxylic acids is 1. The normalized spacial score (nSPS) is 11.3. The maximum Gasteiger partial charge on any atom is 0.304 e. The molecule has 0 aliphatic rings. The molecule has 0 radical (unpaired) electrons. The molecule has 1 N–H and O–H groups in total. The predicted octanol–water partition coefficient (Wildman–Crippen LogP) is 3.15. The van der Waals surface area contributed by atoms with E-state index in [-0.39, 0.29) is 11.8 Å². The van der Waals surface area contributed by atoms with Crippen molar-refractivity contribution in [2.75, 3.05) is 6.61 Å². The van der Waals surface area contributed by atoms with E-state index in [2.05, 4.69) is 0 Å². The van der Waals surface area contributed by atoms with Gasteiger partial charge >= 0.3 is 5.97 Å². The Bertz CT molecular complexity index is 408. The lowest BCUT2D eigenvalue weighted by molar-refractivity contribution is -0.138. The lowest BCUT2D eigenvalue weighted by Gasteiger charge is -2.25. The van der Waals surface area contributed by atoms with Gasteiger partial charge in [-0.3, -0.25) is 4.79 Å². The van der Waals surface area contributed by atoms with Crippen LogP contribution in [0.15, 0.2) is 18.2 Å². The second kappa shape index (κ2) is 5.21. The second-order valence-corrected chi connectivity index (χ2v) is 4.86. The summed E-state index contributed by atoms with van der Waals surface area (Å²) >= 11 is 0. The van der Waals surface area contributed by atoms with E-state index in [1.54, 1.807) is 0 Å². The zero-order chi connectivity index (χ0) is 13.1. The van der Waals surface area contributed by atoms with E-state index in [1.165, 1.54) is 0 Å². The molecule has 0 bridgehead atoms. The third-order valence-corrected chi connectivity index (χ3v) is 2.83. The van der Waals surface area contributed by atoms with Crippen LogP contribution >= 0.6 is 0 Å². The standard InChI is InChI=1S/C14H20O3/c1-5-17-11-6-7-12(10(2)8-11)14(3,4)9-13(15)16/h6-8H,5,9H2,1-4H3,(H,15,16). The zero-order valence-corrected chi connectivity index (χ0v) is 10.9. The van der Waals surface area contributed by atoms with Crippen LogP contribution in [0.5, 0.6) is 5.75 Å². The highest BCUT2D eigenvalue weighted by atomic mass is 16.5. The van der Waals surface area contributed by atoms with Gasteiger partial charge in [-0.2, -0.15) is 0 Å². The second-order valence-electron chi connectivity index (χ2n) is 4.86. The number of rotatable bonds is 5. The first-order chi connectivity index (χ1) is 7.86. The van der Waals surface area contributed by atoms with Crippen LogP contribution in [0.25, 0.3) is 0 Å². The van der Waals surface area contributed by atoms with Crippen LogP contribution in [0.4, 0.5) is 0 Å². The number of ether oxygens (including phenoxy) is 1. The summed E-state index contributed by atoms with van der Waals surface area (Å²) in [5.41, 5.74) is 1.77. The molecular formula is C14H20O3. The van der Waals surface area contributed by atoms with Gasteiger partial charge in [-0.15, -0.1) is 0 Å². The number of hydrogen-bond acceptors (Lipinski definition) is 2. The minimum absolute atomic E-state index is 0.127. The number of aryl methyl sites for hydroxylation is 1. The molecule has 0 heterocycles. The molecule has 1 aromatic carbocycles. The first-order valence-electron chi connectivity index (χ1n) is 5.82. The Balaban J connectivity index is 3.02. The monoisotopic (exact) mass is 236 g/mol. The minimum atomic E-state index is -0.775. The van der Waals surface area contributed by atoms with Gasteiger partial charge < -0.3 is 9.84 Å². The molecule has 0 unspecified atom stereocenters. The fourth-order valence-corrected chi connectivity index (χ4v) is 2.13. The molecule has 0 saturated heterocycles. The van der Waals surface area contributed by atoms with E-state index in [0.29, 0.717) is 6.61 Å². The molecule has 0 aromatic heterocycles. The average Bonchev–Trinajstić information content (AvgIpc) is 2.15. The van der Waals surface area contributed by atoms with E-state index in [0.717, 1.165) is 16.9 Å². The van der Waals surface area contributed by atoms with Crippen molar-refractivity contribution in [2.24, 2.45) is 0 Å². The lowest BCUT2D eigenvalue weighted by Crippen LogP contribution is -2.22. The molecule has 0 spiro atoms. The lowest BCUT2D eigenvalue weighted by atomic mass is 9.79. The summed E-state index contributed by atoms with van der Waals surface area (Å²) in [6.07, 6.45) is 0.127. The van der Waals surface area contributed by atoms with Crippen LogP contribution < -0.4 is 4.74 Å². The van der Waals surface area contributed by atoms with E-state index in [1.807, 2.05) is 45.9 Å². The molecule has 0 aliphatic carbocycles. The van der Waals surface area contributed by atoms with Crippen molar-refractivity contribution < 1.29 is 14.6 Å². The van der Waals surface area contributed by atoms with Crippen molar-refractivity contribution in [3.05, 3.63) is 29.3 Å². The van der Waals surface area contributed by atoms with Crippen molar-refractivity contribution in [3.8, 4) is 5.75 Å². The summed E-state index contributed by atoms with van der Waals surface area (Å²) in [6, 6.07) is 5.82. The highest BCUT2D eigenvalue weighted by molar-refractivity contribution is 5.69. The first-order valence-corrected chi connectivity index (χ1v) is 5.82. The van der Waals surface area contributed by atoms with Gasteiger partial charge in [0.1, 0.15) is 5.75 Å². The topological polar surface area (TPSA) is 46.5 Å². The van der Waals surface area contributed by atoms with Crippen molar-refractivity contribution in [2.45, 2.75) is 39.5 Å². The smallest absolute Gasteiger partial charge is 0.304 e. The van der Waals surface area contributed by atoms with Gasteiger partial charge in [0.25, 0.3) is 0 Å². The van der Waals surface area contributed by atoms with Crippen LogP contribution in [-0.4, -0.2) is 17.7 Å². The van der Waals surface area contributed by atoms with Crippen LogP contribution in [-0.2, 0) is 10.2 Å². The molecule has 17 heavy (non-hydrogen) atoms. The van der Waals surface area contributed by atoms with E-state index < -0.39 is 5.97 Å². The third kappa shape index (κ3) is 3.48. The summed E-state index contributed by atoms with van der Waals surface area (Å²) in [6.45, 7) is 8.46. The van der Waals surface area contributed by atoms with Crippen LogP contribution in [0.2, 0.25) is 0 Å². The maximum absolute atomic E-state index is 10.8. The molecule has 1 aromatic rings. The number of carboxylic acid groups (broad SMARTS) is 1. The van der Waals surface area contributed by atoms with Gasteiger partial charge in [-0.25, -0.2) is 0 Å². The maximum atomic E-state index is 10.8. The summed E-state index contributed by atoms with van der Waals surface area (Å²) in [5.74, 6) is 0.0585. The minimum Gasteiger partial charge on any atom is -0.494 e. The molecule has 0 amide bonds. The van der Waals surface area contributed by atoms with E-state index in [4.69, 9.17) is 9.84 Å². The zero-order valence-electron chi connectivity index (χ0n) is 10.9. The Morgan fingerprint density at radius 2 is 2.06 bits per heavy atom. The quantitative estimate of drug-likeness (QED) is 0.854. The highest BCUT2D eigenvalue weighted by Gasteiger charge is 2.25. The molecule has 1 rings (SSSR count). The molecule has 0 fully saturated rings. The molecule has 3 nitrogen and oxygen atoms in total. The van der Waals surface area contributed by atoms with E-state index in [9.17, 15) is 4.79 Å². The molecule has 94 valence electrons. The first kappa shape index (κ1) is 13.6. The van der Waals surface area contributed by atoms with Crippen molar-refractivity contribution in [1.82, 2.24) is 0 Å². The van der Waals surface area contributed by atoms with Crippen molar-refractivity contribution in [1.29, 1.82) is 0 Å². The Morgan fingerprint density at radius 3 is 2.53 bits per heavy atom. The van der Waals surface area contributed by atoms with Gasteiger partial charge in [0.15, 0.2) is 0 Å². The van der Waals surface area contributed by atoms with Crippen LogP contribution in [0, 0.1) is 6.92 Å². The largest absolute Gasteiger partial charge is 0.494 e. The van der Waals surface area contributed by atoms with Crippen LogP contribution in [0.1, 0.15) is 38.3 Å². The summed E-state index contributed by atoms with van der Waals surface area (Å²) in [4.78, 5) is 10.8. The Labute approximate surface area is 102 Å². The number of carboxylic acids is 1. The Morgan fingerprint density at radius 1 is 1.41 bits per heavy atom. The Kier molecular flexibility index (Phi) is 4.16. The van der Waals surface area contributed by atoms with Gasteiger partial charge in [0.05, 0.1) is 13.0 Å². The Hall–Kier alpha value is -1.51. The van der Waals surface area contributed by atoms with E-state index >= 15 is 0 Å². The van der Waals surface area contributed by atoms with Crippen molar-refractivity contribution in [3.63, 3.8) is 0 Å². The van der Waals surface area contributed by atoms with Gasteiger partial charge in [0, 0.05) is 5.41 Å². The number of hydrogen-bond donors (Lipinski definition) is 1. The molecule has 0 atom stereocenters. The number of carbonyl (C=O) groups is 1. The summed E-state index contributed by atoms with van der Waals surface area (Å²) < 4.78 is 5.42. The number of benzene rings is 1. The van der Waals surface area contributed by atoms with Gasteiger partial charge in [-0.05, 0) is 37.1 Å². The fourth-order valence-electron chi connectivity index (χ4n) is 2.13. The van der Waals surface area contributed by atoms with Gasteiger partial charge in [-0.1, -0.05) is 19.9 Å². The van der Waals surface area contributed by atoms with Gasteiger partial charge in [0.2, 0.25) is 0 Å². The molecule has 0 saturated carbocycles. The fraction of sp³-hybridized carbons (Fsp3) is 0.500. The molecule has 0 aliphatic heterocycles. The summed E-state index contributed by atoms with van der Waals surface area (Å²) in [7, 11) is 0. The van der Waals surface area contributed by atoms with Crippen LogP contribution in [0.3, 0.4) is 0 Å². The molecule has 3 heteroatoms. The predicted molar refractivity (Wildman–Crippen MR) is 67.6 cm³/mol. The molecular weight excluding hydrogens is 216 g/mol.